The van der Waals surface area contributed by atoms with Crippen molar-refractivity contribution in [2.45, 2.75) is 62.1 Å². The van der Waals surface area contributed by atoms with Crippen LogP contribution >= 0.6 is 0 Å². The van der Waals surface area contributed by atoms with Gasteiger partial charge in [0.1, 0.15) is 29.1 Å². The molecular formula is C23H22F5N3O2. The van der Waals surface area contributed by atoms with Crippen LogP contribution in [0, 0.1) is 5.82 Å². The maximum atomic E-state index is 14.0. The van der Waals surface area contributed by atoms with Crippen molar-refractivity contribution < 1.29 is 31.4 Å². The molecule has 0 bridgehead atoms. The van der Waals surface area contributed by atoms with Gasteiger partial charge in [0.05, 0.1) is 17.6 Å². The van der Waals surface area contributed by atoms with Crippen molar-refractivity contribution in [1.82, 2.24) is 14.6 Å². The number of methoxy groups -OCH3 is 1. The van der Waals surface area contributed by atoms with E-state index in [2.05, 4.69) is 10.2 Å². The van der Waals surface area contributed by atoms with Crippen molar-refractivity contribution in [1.29, 1.82) is 0 Å². The fraction of sp³-hybridized carbons (Fsp3) is 0.478. The Morgan fingerprint density at radius 1 is 1.06 bits per heavy atom. The summed E-state index contributed by atoms with van der Waals surface area (Å²) < 4.78 is 81.5. The highest BCUT2D eigenvalue weighted by molar-refractivity contribution is 5.57. The molecule has 0 spiro atoms. The summed E-state index contributed by atoms with van der Waals surface area (Å²) in [6, 6.07) is 7.31. The van der Waals surface area contributed by atoms with E-state index in [1.807, 2.05) is 0 Å². The topological polar surface area (TPSA) is 48.7 Å². The van der Waals surface area contributed by atoms with Crippen molar-refractivity contribution in [3.05, 3.63) is 59.3 Å². The molecule has 0 amide bonds. The molecule has 10 heteroatoms. The molecule has 2 aliphatic rings. The molecule has 0 aliphatic heterocycles. The first-order valence-electron chi connectivity index (χ1n) is 10.8. The van der Waals surface area contributed by atoms with Crippen molar-refractivity contribution in [2.75, 3.05) is 7.11 Å². The number of nitrogens with zero attached hydrogens (tertiary/aromatic N) is 3. The quantitative estimate of drug-likeness (QED) is 0.460. The summed E-state index contributed by atoms with van der Waals surface area (Å²) >= 11 is 0. The number of aromatic nitrogens is 3. The van der Waals surface area contributed by atoms with Crippen LogP contribution in [0.1, 0.15) is 55.0 Å². The van der Waals surface area contributed by atoms with E-state index < -0.39 is 35.5 Å². The first-order valence-corrected chi connectivity index (χ1v) is 10.8. The molecule has 1 aromatic carbocycles. The molecule has 2 saturated carbocycles. The fourth-order valence-corrected chi connectivity index (χ4v) is 4.72. The second-order valence-electron chi connectivity index (χ2n) is 8.69. The number of alkyl halides is 4. The zero-order valence-electron chi connectivity index (χ0n) is 17.8. The average Bonchev–Trinajstić information content (AvgIpc) is 3.36. The van der Waals surface area contributed by atoms with Gasteiger partial charge in [-0.2, -0.15) is 13.2 Å². The number of hydrogen-bond donors (Lipinski definition) is 0. The SMILES string of the molecule is COC1(c2ccc(F)cc2)CCC(Oc2ccn3c([C@H]4C[C@@H]4F)nnc3c2C(F)(F)F)CC1. The first kappa shape index (κ1) is 22.1. The summed E-state index contributed by atoms with van der Waals surface area (Å²) in [5.41, 5.74) is -1.21. The van der Waals surface area contributed by atoms with Gasteiger partial charge in [0.25, 0.3) is 0 Å². The summed E-state index contributed by atoms with van der Waals surface area (Å²) in [6.45, 7) is 0. The third-order valence-electron chi connectivity index (χ3n) is 6.69. The van der Waals surface area contributed by atoms with Gasteiger partial charge < -0.3 is 9.47 Å². The molecule has 5 rings (SSSR count). The predicted molar refractivity (Wildman–Crippen MR) is 108 cm³/mol. The Morgan fingerprint density at radius 2 is 1.73 bits per heavy atom. The molecule has 0 unspecified atom stereocenters. The van der Waals surface area contributed by atoms with Crippen LogP contribution in [-0.4, -0.2) is 34.0 Å². The molecule has 5 nitrogen and oxygen atoms in total. The van der Waals surface area contributed by atoms with Crippen LogP contribution in [0.2, 0.25) is 0 Å². The summed E-state index contributed by atoms with van der Waals surface area (Å²) in [6.07, 6.45) is -2.71. The van der Waals surface area contributed by atoms with Crippen LogP contribution < -0.4 is 4.74 Å². The van der Waals surface area contributed by atoms with Gasteiger partial charge in [-0.15, -0.1) is 10.2 Å². The molecule has 2 heterocycles. The van der Waals surface area contributed by atoms with Crippen molar-refractivity contribution in [3.63, 3.8) is 0 Å². The smallest absolute Gasteiger partial charge is 0.423 e. The van der Waals surface area contributed by atoms with E-state index in [1.165, 1.54) is 28.8 Å². The van der Waals surface area contributed by atoms with Gasteiger partial charge in [0.2, 0.25) is 0 Å². The van der Waals surface area contributed by atoms with Crippen LogP contribution in [-0.2, 0) is 16.5 Å². The second kappa shape index (κ2) is 7.93. The van der Waals surface area contributed by atoms with Crippen molar-refractivity contribution in [3.8, 4) is 5.75 Å². The Morgan fingerprint density at radius 3 is 2.30 bits per heavy atom. The summed E-state index contributed by atoms with van der Waals surface area (Å²) in [4.78, 5) is 0. The number of pyridine rings is 1. The van der Waals surface area contributed by atoms with Gasteiger partial charge in [-0.25, -0.2) is 8.78 Å². The number of benzene rings is 1. The predicted octanol–water partition coefficient (Wildman–Crippen LogP) is 5.58. The van der Waals surface area contributed by atoms with Crippen molar-refractivity contribution >= 4 is 5.65 Å². The van der Waals surface area contributed by atoms with Gasteiger partial charge in [-0.05, 0) is 55.9 Å². The zero-order chi connectivity index (χ0) is 23.4. The minimum Gasteiger partial charge on any atom is -0.490 e. The highest BCUT2D eigenvalue weighted by atomic mass is 19.4. The Bertz CT molecular complexity index is 1150. The zero-order valence-corrected chi connectivity index (χ0v) is 17.8. The lowest BCUT2D eigenvalue weighted by Crippen LogP contribution is -2.37. The van der Waals surface area contributed by atoms with E-state index in [0.717, 1.165) is 5.56 Å². The van der Waals surface area contributed by atoms with E-state index >= 15 is 0 Å². The molecule has 2 aliphatic carbocycles. The van der Waals surface area contributed by atoms with Crippen LogP contribution in [0.4, 0.5) is 22.0 Å². The summed E-state index contributed by atoms with van der Waals surface area (Å²) in [7, 11) is 1.57. The van der Waals surface area contributed by atoms with E-state index in [0.29, 0.717) is 25.7 Å². The molecule has 0 radical (unpaired) electrons. The maximum absolute atomic E-state index is 14.0. The van der Waals surface area contributed by atoms with Crippen LogP contribution in [0.15, 0.2) is 36.5 Å². The fourth-order valence-electron chi connectivity index (χ4n) is 4.72. The van der Waals surface area contributed by atoms with Crippen LogP contribution in [0.5, 0.6) is 5.75 Å². The molecule has 2 fully saturated rings. The summed E-state index contributed by atoms with van der Waals surface area (Å²) in [5.74, 6) is -1.01. The number of halogens is 5. The average molecular weight is 467 g/mol. The molecule has 3 aromatic rings. The normalized spacial score (nSPS) is 27.6. The minimum atomic E-state index is -4.72. The first-order chi connectivity index (χ1) is 15.7. The lowest BCUT2D eigenvalue weighted by Gasteiger charge is -2.39. The number of rotatable bonds is 5. The van der Waals surface area contributed by atoms with Crippen molar-refractivity contribution in [2.24, 2.45) is 0 Å². The van der Waals surface area contributed by atoms with Gasteiger partial charge in [-0.1, -0.05) is 12.1 Å². The molecule has 2 atom stereocenters. The lowest BCUT2D eigenvalue weighted by atomic mass is 9.78. The standard InChI is InChI=1S/C23H22F5N3O2/c1-32-22(13-2-4-14(24)5-3-13)9-6-15(7-10-22)33-18-8-11-31-20(16-12-17(16)25)29-30-21(31)19(18)23(26,27)28/h2-5,8,11,15-17H,6-7,9-10,12H2,1H3/t15?,16-,17-,22?/m0/s1. The Labute approximate surface area is 186 Å². The van der Waals surface area contributed by atoms with Gasteiger partial charge in [0, 0.05) is 13.3 Å². The van der Waals surface area contributed by atoms with E-state index in [-0.39, 0.29) is 29.5 Å². The third kappa shape index (κ3) is 3.94. The second-order valence-corrected chi connectivity index (χ2v) is 8.69. The number of hydrogen-bond acceptors (Lipinski definition) is 4. The van der Waals surface area contributed by atoms with E-state index in [9.17, 15) is 22.0 Å². The molecule has 0 saturated heterocycles. The molecule has 176 valence electrons. The van der Waals surface area contributed by atoms with E-state index in [1.54, 1.807) is 19.2 Å². The number of fused-ring (bicyclic) bond motifs is 1. The van der Waals surface area contributed by atoms with E-state index in [4.69, 9.17) is 9.47 Å². The largest absolute Gasteiger partial charge is 0.490 e. The molecular weight excluding hydrogens is 445 g/mol. The van der Waals surface area contributed by atoms with Gasteiger partial charge in [-0.3, -0.25) is 4.40 Å². The monoisotopic (exact) mass is 467 g/mol. The molecule has 33 heavy (non-hydrogen) atoms. The highest BCUT2D eigenvalue weighted by Crippen LogP contribution is 2.46. The highest BCUT2D eigenvalue weighted by Gasteiger charge is 2.45. The lowest BCUT2D eigenvalue weighted by molar-refractivity contribution is -0.138. The Kier molecular flexibility index (Phi) is 5.30. The van der Waals surface area contributed by atoms with Gasteiger partial charge >= 0.3 is 6.18 Å². The Hall–Kier alpha value is -2.75. The molecule has 0 N–H and O–H groups in total. The minimum absolute atomic E-state index is 0.191. The van der Waals surface area contributed by atoms with Crippen LogP contribution in [0.25, 0.3) is 5.65 Å². The third-order valence-corrected chi connectivity index (χ3v) is 6.69. The number of ether oxygens (including phenoxy) is 2. The maximum Gasteiger partial charge on any atom is 0.423 e. The van der Waals surface area contributed by atoms with Gasteiger partial charge in [0.15, 0.2) is 5.65 Å². The molecule has 2 aromatic heterocycles. The van der Waals surface area contributed by atoms with Crippen LogP contribution in [0.3, 0.4) is 0 Å². The summed E-state index contributed by atoms with van der Waals surface area (Å²) in [5, 5.41) is 7.53. The Balaban J connectivity index is 1.39.